The molecule has 1 heterocycles. The molecular weight excluding hydrogens is 202 g/mol. The summed E-state index contributed by atoms with van der Waals surface area (Å²) in [6, 6.07) is 0.635. The zero-order chi connectivity index (χ0) is 12.4. The molecule has 2 unspecified atom stereocenters. The van der Waals surface area contributed by atoms with Crippen molar-refractivity contribution in [3.05, 3.63) is 0 Å². The SMILES string of the molecule is C1CC1.CC1CCCN1CC(O)CN.CN. The van der Waals surface area contributed by atoms with Crippen molar-refractivity contribution in [1.29, 1.82) is 0 Å². The molecule has 1 saturated heterocycles. The van der Waals surface area contributed by atoms with Crippen LogP contribution in [-0.2, 0) is 0 Å². The Morgan fingerprint density at radius 1 is 1.25 bits per heavy atom. The van der Waals surface area contributed by atoms with E-state index < -0.39 is 0 Å². The first-order valence-electron chi connectivity index (χ1n) is 6.44. The molecule has 2 rings (SSSR count). The molecule has 0 aromatic carbocycles. The fourth-order valence-electron chi connectivity index (χ4n) is 1.61. The summed E-state index contributed by atoms with van der Waals surface area (Å²) in [5.41, 5.74) is 9.82. The van der Waals surface area contributed by atoms with E-state index in [9.17, 15) is 5.11 Å². The highest BCUT2D eigenvalue weighted by molar-refractivity contribution is 4.77. The van der Waals surface area contributed by atoms with Crippen LogP contribution in [0.2, 0.25) is 0 Å². The van der Waals surface area contributed by atoms with Crippen molar-refractivity contribution in [3.8, 4) is 0 Å². The van der Waals surface area contributed by atoms with E-state index in [2.05, 4.69) is 17.6 Å². The van der Waals surface area contributed by atoms with Gasteiger partial charge < -0.3 is 16.6 Å². The highest BCUT2D eigenvalue weighted by Crippen LogP contribution is 2.16. The Labute approximate surface area is 100.0 Å². The third-order valence-corrected chi connectivity index (χ3v) is 2.76. The summed E-state index contributed by atoms with van der Waals surface area (Å²) >= 11 is 0. The zero-order valence-electron chi connectivity index (χ0n) is 10.9. The maximum atomic E-state index is 9.27. The Kier molecular flexibility index (Phi) is 9.92. The van der Waals surface area contributed by atoms with E-state index in [0.717, 1.165) is 13.1 Å². The quantitative estimate of drug-likeness (QED) is 0.662. The molecule has 98 valence electrons. The number of hydrogen-bond donors (Lipinski definition) is 3. The first-order valence-corrected chi connectivity index (χ1v) is 6.44. The number of rotatable bonds is 3. The van der Waals surface area contributed by atoms with Crippen molar-refractivity contribution in [3.63, 3.8) is 0 Å². The average molecular weight is 231 g/mol. The molecule has 0 aromatic heterocycles. The van der Waals surface area contributed by atoms with Gasteiger partial charge in [0.2, 0.25) is 0 Å². The van der Waals surface area contributed by atoms with Crippen LogP contribution in [-0.4, -0.2) is 48.8 Å². The number of likely N-dealkylation sites (tertiary alicyclic amines) is 1. The summed E-state index contributed by atoms with van der Waals surface area (Å²) in [7, 11) is 1.50. The zero-order valence-corrected chi connectivity index (χ0v) is 10.9. The van der Waals surface area contributed by atoms with Crippen LogP contribution in [0.5, 0.6) is 0 Å². The molecule has 0 amide bonds. The lowest BCUT2D eigenvalue weighted by Gasteiger charge is -2.23. The third-order valence-electron chi connectivity index (χ3n) is 2.76. The smallest absolute Gasteiger partial charge is 0.0789 e. The second kappa shape index (κ2) is 10.0. The van der Waals surface area contributed by atoms with Crippen molar-refractivity contribution >= 4 is 0 Å². The summed E-state index contributed by atoms with van der Waals surface area (Å²) in [4.78, 5) is 2.30. The fraction of sp³-hybridized carbons (Fsp3) is 1.00. The van der Waals surface area contributed by atoms with Gasteiger partial charge in [0, 0.05) is 19.1 Å². The van der Waals surface area contributed by atoms with Gasteiger partial charge in [-0.05, 0) is 33.4 Å². The standard InChI is InChI=1S/C8H18N2O.C3H6.CH5N/c1-7-3-2-4-10(7)6-8(11)5-9;1-2-3-1;1-2/h7-8,11H,2-6,9H2,1H3;1-3H2;2H2,1H3. The van der Waals surface area contributed by atoms with Gasteiger partial charge in [-0.2, -0.15) is 0 Å². The maximum absolute atomic E-state index is 9.27. The fourth-order valence-corrected chi connectivity index (χ4v) is 1.61. The van der Waals surface area contributed by atoms with E-state index in [1.54, 1.807) is 0 Å². The summed E-state index contributed by atoms with van der Waals surface area (Å²) in [5, 5.41) is 9.27. The first kappa shape index (κ1) is 15.8. The van der Waals surface area contributed by atoms with Gasteiger partial charge in [0.25, 0.3) is 0 Å². The molecule has 4 heteroatoms. The van der Waals surface area contributed by atoms with Gasteiger partial charge in [-0.25, -0.2) is 0 Å². The van der Waals surface area contributed by atoms with Crippen LogP contribution in [0.15, 0.2) is 0 Å². The van der Waals surface area contributed by atoms with Crippen LogP contribution in [0.3, 0.4) is 0 Å². The minimum Gasteiger partial charge on any atom is -0.390 e. The molecule has 1 saturated carbocycles. The molecule has 0 spiro atoms. The molecule has 0 aromatic rings. The molecule has 0 radical (unpaired) electrons. The van der Waals surface area contributed by atoms with Crippen molar-refractivity contribution < 1.29 is 5.11 Å². The summed E-state index contributed by atoms with van der Waals surface area (Å²) < 4.78 is 0. The highest BCUT2D eigenvalue weighted by Gasteiger charge is 2.21. The third kappa shape index (κ3) is 8.05. The van der Waals surface area contributed by atoms with E-state index in [1.807, 2.05) is 0 Å². The summed E-state index contributed by atoms with van der Waals surface area (Å²) in [6.07, 6.45) is 6.69. The van der Waals surface area contributed by atoms with E-state index in [4.69, 9.17) is 5.73 Å². The van der Waals surface area contributed by atoms with Gasteiger partial charge in [0.1, 0.15) is 0 Å². The first-order chi connectivity index (χ1) is 7.74. The van der Waals surface area contributed by atoms with Crippen LogP contribution in [0.25, 0.3) is 0 Å². The Morgan fingerprint density at radius 2 is 1.81 bits per heavy atom. The van der Waals surface area contributed by atoms with E-state index in [1.165, 1.54) is 39.2 Å². The summed E-state index contributed by atoms with van der Waals surface area (Å²) in [6.45, 7) is 4.45. The Bertz CT molecular complexity index is 150. The number of hydrogen-bond acceptors (Lipinski definition) is 4. The van der Waals surface area contributed by atoms with Crippen LogP contribution in [0.1, 0.15) is 39.0 Å². The molecule has 0 bridgehead atoms. The second-order valence-electron chi connectivity index (χ2n) is 4.44. The monoisotopic (exact) mass is 231 g/mol. The Hall–Kier alpha value is -0.160. The molecule has 5 N–H and O–H groups in total. The lowest BCUT2D eigenvalue weighted by Crippen LogP contribution is -2.38. The van der Waals surface area contributed by atoms with Crippen molar-refractivity contribution in [2.75, 3.05) is 26.7 Å². The highest BCUT2D eigenvalue weighted by atomic mass is 16.3. The number of β-amino-alcohol motifs (C(OH)–C–C–N with tert-alkyl or cyclic N) is 1. The molecule has 2 fully saturated rings. The molecule has 2 aliphatic rings. The van der Waals surface area contributed by atoms with E-state index in [-0.39, 0.29) is 6.10 Å². The molecular formula is C12H29N3O. The minimum atomic E-state index is -0.337. The van der Waals surface area contributed by atoms with Gasteiger partial charge in [0.15, 0.2) is 0 Å². The van der Waals surface area contributed by atoms with Gasteiger partial charge in [0.05, 0.1) is 6.10 Å². The molecule has 1 aliphatic carbocycles. The average Bonchev–Trinajstić information content (AvgIpc) is 3.14. The number of nitrogens with zero attached hydrogens (tertiary/aromatic N) is 1. The van der Waals surface area contributed by atoms with Gasteiger partial charge >= 0.3 is 0 Å². The van der Waals surface area contributed by atoms with Crippen LogP contribution >= 0.6 is 0 Å². The van der Waals surface area contributed by atoms with Gasteiger partial charge in [-0.15, -0.1) is 0 Å². The molecule has 2 atom stereocenters. The Balaban J connectivity index is 0.000000375. The minimum absolute atomic E-state index is 0.337. The molecule has 1 aliphatic heterocycles. The molecule has 16 heavy (non-hydrogen) atoms. The molecule has 4 nitrogen and oxygen atoms in total. The topological polar surface area (TPSA) is 75.5 Å². The predicted octanol–water partition coefficient (Wildman–Crippen LogP) is 0.536. The van der Waals surface area contributed by atoms with Gasteiger partial charge in [-0.1, -0.05) is 19.3 Å². The Morgan fingerprint density at radius 3 is 2.12 bits per heavy atom. The van der Waals surface area contributed by atoms with Crippen LogP contribution in [0, 0.1) is 0 Å². The predicted molar refractivity (Wildman–Crippen MR) is 69.3 cm³/mol. The van der Waals surface area contributed by atoms with E-state index in [0.29, 0.717) is 12.6 Å². The second-order valence-corrected chi connectivity index (χ2v) is 4.44. The lowest BCUT2D eigenvalue weighted by molar-refractivity contribution is 0.115. The van der Waals surface area contributed by atoms with Crippen molar-refractivity contribution in [1.82, 2.24) is 4.90 Å². The van der Waals surface area contributed by atoms with Crippen LogP contribution < -0.4 is 11.5 Å². The number of aliphatic hydroxyl groups excluding tert-OH is 1. The largest absolute Gasteiger partial charge is 0.390 e. The number of nitrogens with two attached hydrogens (primary N) is 2. The maximum Gasteiger partial charge on any atom is 0.0789 e. The lowest BCUT2D eigenvalue weighted by atomic mass is 10.2. The summed E-state index contributed by atoms with van der Waals surface area (Å²) in [5.74, 6) is 0. The normalized spacial score (nSPS) is 24.9. The number of aliphatic hydroxyl groups is 1. The van der Waals surface area contributed by atoms with Crippen molar-refractivity contribution in [2.45, 2.75) is 51.2 Å². The van der Waals surface area contributed by atoms with Gasteiger partial charge in [-0.3, -0.25) is 4.90 Å². The van der Waals surface area contributed by atoms with Crippen LogP contribution in [0.4, 0.5) is 0 Å². The van der Waals surface area contributed by atoms with E-state index >= 15 is 0 Å². The van der Waals surface area contributed by atoms with Crippen molar-refractivity contribution in [2.24, 2.45) is 11.5 Å².